The summed E-state index contributed by atoms with van der Waals surface area (Å²) in [5, 5.41) is 0. The summed E-state index contributed by atoms with van der Waals surface area (Å²) >= 11 is 0. The zero-order valence-electron chi connectivity index (χ0n) is 8.85. The van der Waals surface area contributed by atoms with E-state index < -0.39 is 10.8 Å². The third-order valence-corrected chi connectivity index (χ3v) is 4.13. The highest BCUT2D eigenvalue weighted by Crippen LogP contribution is 2.17. The van der Waals surface area contributed by atoms with Crippen molar-refractivity contribution < 1.29 is 4.21 Å². The van der Waals surface area contributed by atoms with Crippen molar-refractivity contribution in [1.29, 1.82) is 0 Å². The van der Waals surface area contributed by atoms with Gasteiger partial charge in [-0.2, -0.15) is 0 Å². The standard InChI is InChI=1S/C11H13N3OS/c15-16-7-5-14(6-8-16)11-12-9-3-1-2-4-10(9)13-11/h1-4H,5-8H2,(H,12,13). The van der Waals surface area contributed by atoms with Crippen LogP contribution in [-0.2, 0) is 10.8 Å². The second-order valence-electron chi connectivity index (χ2n) is 3.91. The largest absolute Gasteiger partial charge is 0.341 e. The lowest BCUT2D eigenvalue weighted by Gasteiger charge is -2.25. The molecule has 4 nitrogen and oxygen atoms in total. The second-order valence-corrected chi connectivity index (χ2v) is 5.61. The number of rotatable bonds is 1. The summed E-state index contributed by atoms with van der Waals surface area (Å²) in [7, 11) is -0.636. The monoisotopic (exact) mass is 235 g/mol. The molecule has 0 aliphatic carbocycles. The summed E-state index contributed by atoms with van der Waals surface area (Å²) in [5.74, 6) is 2.39. The first-order chi connectivity index (χ1) is 7.83. The van der Waals surface area contributed by atoms with Crippen molar-refractivity contribution in [2.24, 2.45) is 0 Å². The van der Waals surface area contributed by atoms with Crippen LogP contribution < -0.4 is 4.90 Å². The van der Waals surface area contributed by atoms with Gasteiger partial charge in [-0.05, 0) is 12.1 Å². The van der Waals surface area contributed by atoms with Gasteiger partial charge in [0.15, 0.2) is 0 Å². The van der Waals surface area contributed by atoms with Gasteiger partial charge in [0.05, 0.1) is 11.0 Å². The molecule has 1 aromatic heterocycles. The molecule has 0 radical (unpaired) electrons. The number of nitrogens with one attached hydrogen (secondary N) is 1. The Kier molecular flexibility index (Phi) is 2.40. The second kappa shape index (κ2) is 3.90. The van der Waals surface area contributed by atoms with Gasteiger partial charge in [-0.25, -0.2) is 4.98 Å². The van der Waals surface area contributed by atoms with Crippen LogP contribution in [0.1, 0.15) is 0 Å². The fraction of sp³-hybridized carbons (Fsp3) is 0.364. The summed E-state index contributed by atoms with van der Waals surface area (Å²) < 4.78 is 11.3. The lowest BCUT2D eigenvalue weighted by atomic mass is 10.3. The number of hydrogen-bond acceptors (Lipinski definition) is 3. The summed E-state index contributed by atoms with van der Waals surface area (Å²) in [4.78, 5) is 10.00. The number of nitrogens with zero attached hydrogens (tertiary/aromatic N) is 2. The molecular formula is C11H13N3OS. The minimum atomic E-state index is -0.636. The van der Waals surface area contributed by atoms with Crippen LogP contribution in [0.3, 0.4) is 0 Å². The highest BCUT2D eigenvalue weighted by molar-refractivity contribution is 7.85. The van der Waals surface area contributed by atoms with Crippen LogP contribution in [0.15, 0.2) is 24.3 Å². The maximum absolute atomic E-state index is 11.3. The van der Waals surface area contributed by atoms with Crippen LogP contribution >= 0.6 is 0 Å². The first-order valence-electron chi connectivity index (χ1n) is 5.37. The van der Waals surface area contributed by atoms with Gasteiger partial charge in [-0.1, -0.05) is 12.1 Å². The van der Waals surface area contributed by atoms with Crippen molar-refractivity contribution in [3.8, 4) is 0 Å². The number of benzene rings is 1. The van der Waals surface area contributed by atoms with Crippen LogP contribution in [0, 0.1) is 0 Å². The lowest BCUT2D eigenvalue weighted by molar-refractivity contribution is 0.672. The predicted molar refractivity (Wildman–Crippen MR) is 66.2 cm³/mol. The molecule has 0 unspecified atom stereocenters. The minimum absolute atomic E-state index is 0.636. The molecule has 1 aliphatic heterocycles. The van der Waals surface area contributed by atoms with E-state index in [0.717, 1.165) is 41.6 Å². The maximum Gasteiger partial charge on any atom is 0.203 e. The van der Waals surface area contributed by atoms with Crippen molar-refractivity contribution in [3.05, 3.63) is 24.3 Å². The Balaban J connectivity index is 1.91. The van der Waals surface area contributed by atoms with E-state index in [1.807, 2.05) is 24.3 Å². The van der Waals surface area contributed by atoms with Gasteiger partial charge < -0.3 is 9.88 Å². The summed E-state index contributed by atoms with van der Waals surface area (Å²) in [6.45, 7) is 1.65. The topological polar surface area (TPSA) is 49.0 Å². The van der Waals surface area contributed by atoms with Crippen molar-refractivity contribution in [3.63, 3.8) is 0 Å². The SMILES string of the molecule is O=S1CCN(c2nc3ccccc3[nH]2)CC1. The van der Waals surface area contributed by atoms with Gasteiger partial charge in [0, 0.05) is 35.4 Å². The van der Waals surface area contributed by atoms with E-state index in [4.69, 9.17) is 0 Å². The number of imidazole rings is 1. The summed E-state index contributed by atoms with van der Waals surface area (Å²) in [5.41, 5.74) is 2.05. The van der Waals surface area contributed by atoms with Gasteiger partial charge in [-0.15, -0.1) is 0 Å². The number of para-hydroxylation sites is 2. The van der Waals surface area contributed by atoms with E-state index in [0.29, 0.717) is 0 Å². The van der Waals surface area contributed by atoms with Crippen LogP contribution in [0.4, 0.5) is 5.95 Å². The number of fused-ring (bicyclic) bond motifs is 1. The minimum Gasteiger partial charge on any atom is -0.341 e. The van der Waals surface area contributed by atoms with Crippen molar-refractivity contribution in [2.75, 3.05) is 29.5 Å². The average Bonchev–Trinajstić information content (AvgIpc) is 2.73. The van der Waals surface area contributed by atoms with E-state index in [2.05, 4.69) is 14.9 Å². The third-order valence-electron chi connectivity index (χ3n) is 2.85. The Bertz CT molecular complexity index is 494. The highest BCUT2D eigenvalue weighted by Gasteiger charge is 2.17. The molecular weight excluding hydrogens is 222 g/mol. The Morgan fingerprint density at radius 1 is 1.25 bits per heavy atom. The molecule has 1 fully saturated rings. The molecule has 0 bridgehead atoms. The molecule has 16 heavy (non-hydrogen) atoms. The van der Waals surface area contributed by atoms with E-state index in [1.54, 1.807) is 0 Å². The van der Waals surface area contributed by atoms with Gasteiger partial charge in [0.1, 0.15) is 0 Å². The molecule has 84 valence electrons. The van der Waals surface area contributed by atoms with Crippen molar-refractivity contribution >= 4 is 27.8 Å². The summed E-state index contributed by atoms with van der Waals surface area (Å²) in [6.07, 6.45) is 0. The maximum atomic E-state index is 11.3. The zero-order chi connectivity index (χ0) is 11.0. The molecule has 0 spiro atoms. The van der Waals surface area contributed by atoms with Gasteiger partial charge in [-0.3, -0.25) is 4.21 Å². The Morgan fingerprint density at radius 3 is 2.75 bits per heavy atom. The fourth-order valence-electron chi connectivity index (χ4n) is 1.94. The molecule has 1 saturated heterocycles. The van der Waals surface area contributed by atoms with Crippen LogP contribution in [0.2, 0.25) is 0 Å². The van der Waals surface area contributed by atoms with Gasteiger partial charge in [0.2, 0.25) is 5.95 Å². The Labute approximate surface area is 96.1 Å². The number of hydrogen-bond donors (Lipinski definition) is 1. The first kappa shape index (κ1) is 9.84. The normalized spacial score (nSPS) is 18.1. The Morgan fingerprint density at radius 2 is 2.00 bits per heavy atom. The number of anilines is 1. The first-order valence-corrected chi connectivity index (χ1v) is 6.86. The van der Waals surface area contributed by atoms with Crippen molar-refractivity contribution in [2.45, 2.75) is 0 Å². The lowest BCUT2D eigenvalue weighted by Crippen LogP contribution is -2.38. The molecule has 2 heterocycles. The predicted octanol–water partition coefficient (Wildman–Crippen LogP) is 1.13. The molecule has 3 rings (SSSR count). The van der Waals surface area contributed by atoms with Gasteiger partial charge >= 0.3 is 0 Å². The molecule has 0 atom stereocenters. The molecule has 1 aliphatic rings. The van der Waals surface area contributed by atoms with Gasteiger partial charge in [0.25, 0.3) is 0 Å². The zero-order valence-corrected chi connectivity index (χ0v) is 9.67. The van der Waals surface area contributed by atoms with E-state index in [-0.39, 0.29) is 0 Å². The summed E-state index contributed by atoms with van der Waals surface area (Å²) in [6, 6.07) is 8.00. The van der Waals surface area contributed by atoms with E-state index in [9.17, 15) is 4.21 Å². The van der Waals surface area contributed by atoms with Crippen molar-refractivity contribution in [1.82, 2.24) is 9.97 Å². The average molecular weight is 235 g/mol. The van der Waals surface area contributed by atoms with E-state index in [1.165, 1.54) is 0 Å². The smallest absolute Gasteiger partial charge is 0.203 e. The number of aromatic nitrogens is 2. The molecule has 0 saturated carbocycles. The molecule has 5 heteroatoms. The van der Waals surface area contributed by atoms with Crippen LogP contribution in [0.5, 0.6) is 0 Å². The Hall–Kier alpha value is -1.36. The highest BCUT2D eigenvalue weighted by atomic mass is 32.2. The fourth-order valence-corrected chi connectivity index (χ4v) is 2.99. The quantitative estimate of drug-likeness (QED) is 0.806. The number of aromatic amines is 1. The molecule has 1 N–H and O–H groups in total. The van der Waals surface area contributed by atoms with Crippen LogP contribution in [-0.4, -0.2) is 38.8 Å². The van der Waals surface area contributed by atoms with E-state index >= 15 is 0 Å². The molecule has 1 aromatic carbocycles. The third kappa shape index (κ3) is 1.71. The van der Waals surface area contributed by atoms with Crippen LogP contribution in [0.25, 0.3) is 11.0 Å². The number of H-pyrrole nitrogens is 1. The molecule has 0 amide bonds. The molecule has 2 aromatic rings.